The summed E-state index contributed by atoms with van der Waals surface area (Å²) in [6, 6.07) is 2.22. The van der Waals surface area contributed by atoms with Crippen molar-refractivity contribution < 1.29 is 13.9 Å². The summed E-state index contributed by atoms with van der Waals surface area (Å²) < 4.78 is 25.5. The van der Waals surface area contributed by atoms with Crippen LogP contribution < -0.4 is 5.32 Å². The average molecular weight is 187 g/mol. The van der Waals surface area contributed by atoms with Crippen molar-refractivity contribution in [3.63, 3.8) is 0 Å². The Balaban J connectivity index is 2.86. The van der Waals surface area contributed by atoms with Gasteiger partial charge in [0.25, 0.3) is 0 Å². The SMILES string of the molecule is CCNCc1cc(F)c(O)c(F)c1. The van der Waals surface area contributed by atoms with Gasteiger partial charge in [0.2, 0.25) is 0 Å². The van der Waals surface area contributed by atoms with Crippen LogP contribution in [0.15, 0.2) is 12.1 Å². The van der Waals surface area contributed by atoms with Gasteiger partial charge in [-0.25, -0.2) is 8.78 Å². The topological polar surface area (TPSA) is 32.3 Å². The Labute approximate surface area is 75.2 Å². The zero-order chi connectivity index (χ0) is 9.84. The Morgan fingerprint density at radius 3 is 2.31 bits per heavy atom. The average Bonchev–Trinajstić information content (AvgIpc) is 2.10. The molecule has 1 aromatic carbocycles. The van der Waals surface area contributed by atoms with E-state index in [1.165, 1.54) is 0 Å². The summed E-state index contributed by atoms with van der Waals surface area (Å²) >= 11 is 0. The molecule has 0 fully saturated rings. The van der Waals surface area contributed by atoms with E-state index in [-0.39, 0.29) is 0 Å². The van der Waals surface area contributed by atoms with Crippen LogP contribution in [0.3, 0.4) is 0 Å². The van der Waals surface area contributed by atoms with Gasteiger partial charge in [-0.05, 0) is 24.2 Å². The van der Waals surface area contributed by atoms with Crippen molar-refractivity contribution in [1.82, 2.24) is 5.32 Å². The molecule has 2 nitrogen and oxygen atoms in total. The smallest absolute Gasteiger partial charge is 0.187 e. The maximum absolute atomic E-state index is 12.7. The van der Waals surface area contributed by atoms with Gasteiger partial charge in [-0.15, -0.1) is 0 Å². The van der Waals surface area contributed by atoms with E-state index in [2.05, 4.69) is 5.32 Å². The van der Waals surface area contributed by atoms with Crippen LogP contribution in [0, 0.1) is 11.6 Å². The minimum absolute atomic E-state index is 0.393. The minimum atomic E-state index is -0.923. The quantitative estimate of drug-likeness (QED) is 0.756. The Kier molecular flexibility index (Phi) is 3.19. The molecule has 0 bridgehead atoms. The highest BCUT2D eigenvalue weighted by Gasteiger charge is 2.08. The van der Waals surface area contributed by atoms with Crippen molar-refractivity contribution in [2.75, 3.05) is 6.54 Å². The van der Waals surface area contributed by atoms with E-state index in [0.29, 0.717) is 12.1 Å². The van der Waals surface area contributed by atoms with Gasteiger partial charge in [0.15, 0.2) is 17.4 Å². The van der Waals surface area contributed by atoms with Crippen molar-refractivity contribution in [3.8, 4) is 5.75 Å². The number of phenols is 1. The number of phenolic OH excluding ortho intramolecular Hbond substituents is 1. The Hall–Kier alpha value is -1.16. The molecule has 0 spiro atoms. The van der Waals surface area contributed by atoms with Crippen molar-refractivity contribution in [1.29, 1.82) is 0 Å². The third kappa shape index (κ3) is 2.39. The van der Waals surface area contributed by atoms with Gasteiger partial charge < -0.3 is 10.4 Å². The highest BCUT2D eigenvalue weighted by Crippen LogP contribution is 2.21. The maximum atomic E-state index is 12.7. The molecule has 0 saturated carbocycles. The highest BCUT2D eigenvalue weighted by molar-refractivity contribution is 5.29. The second kappa shape index (κ2) is 4.18. The number of rotatable bonds is 3. The molecule has 0 amide bonds. The molecule has 4 heteroatoms. The van der Waals surface area contributed by atoms with E-state index in [9.17, 15) is 8.78 Å². The van der Waals surface area contributed by atoms with Crippen LogP contribution in [0.1, 0.15) is 12.5 Å². The van der Waals surface area contributed by atoms with Crippen molar-refractivity contribution >= 4 is 0 Å². The molecule has 0 aromatic heterocycles. The van der Waals surface area contributed by atoms with E-state index in [0.717, 1.165) is 18.7 Å². The number of aromatic hydroxyl groups is 1. The molecule has 1 aromatic rings. The van der Waals surface area contributed by atoms with Gasteiger partial charge >= 0.3 is 0 Å². The van der Waals surface area contributed by atoms with Crippen molar-refractivity contribution in [2.45, 2.75) is 13.5 Å². The summed E-state index contributed by atoms with van der Waals surface area (Å²) in [6.07, 6.45) is 0. The molecular weight excluding hydrogens is 176 g/mol. The van der Waals surface area contributed by atoms with Crippen molar-refractivity contribution in [2.24, 2.45) is 0 Å². The first-order valence-electron chi connectivity index (χ1n) is 4.02. The summed E-state index contributed by atoms with van der Waals surface area (Å²) in [5.74, 6) is -2.76. The fourth-order valence-corrected chi connectivity index (χ4v) is 0.989. The van der Waals surface area contributed by atoms with Crippen LogP contribution >= 0.6 is 0 Å². The summed E-state index contributed by atoms with van der Waals surface area (Å²) in [4.78, 5) is 0. The van der Waals surface area contributed by atoms with Gasteiger partial charge in [-0.1, -0.05) is 6.92 Å². The molecule has 0 radical (unpaired) electrons. The maximum Gasteiger partial charge on any atom is 0.187 e. The number of hydrogen-bond acceptors (Lipinski definition) is 2. The Morgan fingerprint density at radius 2 is 1.85 bits per heavy atom. The molecule has 0 atom stereocenters. The zero-order valence-corrected chi connectivity index (χ0v) is 7.27. The molecule has 0 aliphatic rings. The van der Waals surface area contributed by atoms with Gasteiger partial charge in [-0.2, -0.15) is 0 Å². The lowest BCUT2D eigenvalue weighted by molar-refractivity contribution is 0.395. The normalized spacial score (nSPS) is 10.4. The summed E-state index contributed by atoms with van der Waals surface area (Å²) in [6.45, 7) is 3.02. The third-order valence-corrected chi connectivity index (χ3v) is 1.66. The molecule has 0 saturated heterocycles. The molecule has 2 N–H and O–H groups in total. The lowest BCUT2D eigenvalue weighted by atomic mass is 10.2. The fourth-order valence-electron chi connectivity index (χ4n) is 0.989. The number of benzene rings is 1. The monoisotopic (exact) mass is 187 g/mol. The van der Waals surface area contributed by atoms with Crippen LogP contribution in [0.4, 0.5) is 8.78 Å². The number of halogens is 2. The summed E-state index contributed by atoms with van der Waals surface area (Å²) in [5.41, 5.74) is 0.481. The lowest BCUT2D eigenvalue weighted by Gasteiger charge is -2.03. The van der Waals surface area contributed by atoms with Crippen LogP contribution in [0.25, 0.3) is 0 Å². The molecular formula is C9H11F2NO. The Morgan fingerprint density at radius 1 is 1.31 bits per heavy atom. The molecule has 13 heavy (non-hydrogen) atoms. The first-order chi connectivity index (χ1) is 6.15. The van der Waals surface area contributed by atoms with E-state index in [4.69, 9.17) is 5.11 Å². The highest BCUT2D eigenvalue weighted by atomic mass is 19.1. The molecule has 72 valence electrons. The van der Waals surface area contributed by atoms with Gasteiger partial charge in [0, 0.05) is 6.54 Å². The second-order valence-corrected chi connectivity index (χ2v) is 2.69. The largest absolute Gasteiger partial charge is 0.503 e. The van der Waals surface area contributed by atoms with Crippen molar-refractivity contribution in [3.05, 3.63) is 29.3 Å². The van der Waals surface area contributed by atoms with E-state index >= 15 is 0 Å². The van der Waals surface area contributed by atoms with E-state index in [1.54, 1.807) is 0 Å². The lowest BCUT2D eigenvalue weighted by Crippen LogP contribution is -2.12. The first kappa shape index (κ1) is 9.92. The summed E-state index contributed by atoms with van der Waals surface area (Å²) in [7, 11) is 0. The predicted molar refractivity (Wildman–Crippen MR) is 45.4 cm³/mol. The van der Waals surface area contributed by atoms with Crippen LogP contribution in [0.5, 0.6) is 5.75 Å². The first-order valence-corrected chi connectivity index (χ1v) is 4.02. The fraction of sp³-hybridized carbons (Fsp3) is 0.333. The number of hydrogen-bond donors (Lipinski definition) is 2. The second-order valence-electron chi connectivity index (χ2n) is 2.69. The van der Waals surface area contributed by atoms with E-state index in [1.807, 2.05) is 6.92 Å². The number of nitrogens with one attached hydrogen (secondary N) is 1. The van der Waals surface area contributed by atoms with Gasteiger partial charge in [0.05, 0.1) is 0 Å². The van der Waals surface area contributed by atoms with E-state index < -0.39 is 17.4 Å². The zero-order valence-electron chi connectivity index (χ0n) is 7.27. The van der Waals surface area contributed by atoms with Crippen LogP contribution in [-0.4, -0.2) is 11.7 Å². The standard InChI is InChI=1S/C9H11F2NO/c1-2-12-5-6-3-7(10)9(13)8(11)4-6/h3-4,12-13H,2,5H2,1H3. The molecule has 1 rings (SSSR count). The summed E-state index contributed by atoms with van der Waals surface area (Å²) in [5, 5.41) is 11.7. The molecule has 0 aliphatic carbocycles. The third-order valence-electron chi connectivity index (χ3n) is 1.66. The van der Waals surface area contributed by atoms with Gasteiger partial charge in [0.1, 0.15) is 0 Å². The minimum Gasteiger partial charge on any atom is -0.503 e. The molecule has 0 aliphatic heterocycles. The Bertz CT molecular complexity index is 279. The van der Waals surface area contributed by atoms with Crippen LogP contribution in [0.2, 0.25) is 0 Å². The molecule has 0 heterocycles. The van der Waals surface area contributed by atoms with Crippen LogP contribution in [-0.2, 0) is 6.54 Å². The molecule has 0 unspecified atom stereocenters. The predicted octanol–water partition coefficient (Wildman–Crippen LogP) is 1.78. The van der Waals surface area contributed by atoms with Gasteiger partial charge in [-0.3, -0.25) is 0 Å².